The molecule has 1 unspecified atom stereocenters. The van der Waals surface area contributed by atoms with Gasteiger partial charge < -0.3 is 15.2 Å². The fourth-order valence-corrected chi connectivity index (χ4v) is 2.52. The molecule has 5 heteroatoms. The highest BCUT2D eigenvalue weighted by Crippen LogP contribution is 2.18. The second kappa shape index (κ2) is 5.01. The summed E-state index contributed by atoms with van der Waals surface area (Å²) in [5.74, 6) is 0.0509. The van der Waals surface area contributed by atoms with Crippen LogP contribution in [0.3, 0.4) is 0 Å². The molecule has 0 aliphatic carbocycles. The maximum Gasteiger partial charge on any atom is 0.241 e. The van der Waals surface area contributed by atoms with Crippen LogP contribution < -0.4 is 10.6 Å². The Morgan fingerprint density at radius 3 is 3.16 bits per heavy atom. The van der Waals surface area contributed by atoms with Crippen molar-refractivity contribution in [1.82, 2.24) is 14.9 Å². The zero-order valence-corrected chi connectivity index (χ0v) is 11.0. The van der Waals surface area contributed by atoms with Gasteiger partial charge in [-0.3, -0.25) is 4.79 Å². The molecule has 2 heterocycles. The molecular weight excluding hydrogens is 240 g/mol. The van der Waals surface area contributed by atoms with Gasteiger partial charge in [0.1, 0.15) is 0 Å². The van der Waals surface area contributed by atoms with Gasteiger partial charge in [-0.05, 0) is 37.6 Å². The highest BCUT2D eigenvalue weighted by molar-refractivity contribution is 5.96. The monoisotopic (exact) mass is 258 g/mol. The Hall–Kier alpha value is -1.88. The number of fused-ring (bicyclic) bond motifs is 1. The SMILES string of the molecule is Cn1cnc2cc(NC(=O)C3CCCCN3)ccc21. The van der Waals surface area contributed by atoms with Crippen LogP contribution in [0.2, 0.25) is 0 Å². The van der Waals surface area contributed by atoms with E-state index in [1.807, 2.05) is 29.8 Å². The molecule has 0 radical (unpaired) electrons. The van der Waals surface area contributed by atoms with E-state index in [4.69, 9.17) is 0 Å². The highest BCUT2D eigenvalue weighted by atomic mass is 16.2. The Bertz CT molecular complexity index is 599. The number of piperidine rings is 1. The van der Waals surface area contributed by atoms with E-state index in [2.05, 4.69) is 15.6 Å². The lowest BCUT2D eigenvalue weighted by Gasteiger charge is -2.22. The minimum absolute atomic E-state index is 0.0509. The predicted molar refractivity (Wildman–Crippen MR) is 75.0 cm³/mol. The van der Waals surface area contributed by atoms with Crippen molar-refractivity contribution in [2.24, 2.45) is 7.05 Å². The maximum atomic E-state index is 12.1. The zero-order valence-electron chi connectivity index (χ0n) is 11.0. The standard InChI is InChI=1S/C14H18N4O/c1-18-9-16-12-8-10(5-6-13(12)18)17-14(19)11-4-2-3-7-15-11/h5-6,8-9,11,15H,2-4,7H2,1H3,(H,17,19). The molecule has 0 saturated carbocycles. The van der Waals surface area contributed by atoms with E-state index in [9.17, 15) is 4.79 Å². The Balaban J connectivity index is 1.75. The first kappa shape index (κ1) is 12.2. The summed E-state index contributed by atoms with van der Waals surface area (Å²) in [4.78, 5) is 16.4. The smallest absolute Gasteiger partial charge is 0.241 e. The van der Waals surface area contributed by atoms with Gasteiger partial charge >= 0.3 is 0 Å². The van der Waals surface area contributed by atoms with Crippen LogP contribution in [-0.2, 0) is 11.8 Å². The van der Waals surface area contributed by atoms with E-state index in [0.29, 0.717) is 0 Å². The minimum Gasteiger partial charge on any atom is -0.334 e. The molecule has 5 nitrogen and oxygen atoms in total. The van der Waals surface area contributed by atoms with Crippen molar-refractivity contribution in [2.45, 2.75) is 25.3 Å². The third kappa shape index (κ3) is 2.46. The Labute approximate surface area is 112 Å². The van der Waals surface area contributed by atoms with E-state index in [0.717, 1.165) is 42.5 Å². The van der Waals surface area contributed by atoms with Crippen molar-refractivity contribution in [3.05, 3.63) is 24.5 Å². The van der Waals surface area contributed by atoms with Crippen LogP contribution in [0.15, 0.2) is 24.5 Å². The number of carbonyl (C=O) groups excluding carboxylic acids is 1. The summed E-state index contributed by atoms with van der Waals surface area (Å²) in [7, 11) is 1.96. The number of hydrogen-bond donors (Lipinski definition) is 2. The van der Waals surface area contributed by atoms with Crippen LogP contribution in [-0.4, -0.2) is 28.0 Å². The van der Waals surface area contributed by atoms with Gasteiger partial charge in [-0.1, -0.05) is 6.42 Å². The topological polar surface area (TPSA) is 59.0 Å². The molecule has 1 saturated heterocycles. The minimum atomic E-state index is -0.0619. The number of rotatable bonds is 2. The molecule has 1 aromatic carbocycles. The molecule has 1 aliphatic heterocycles. The van der Waals surface area contributed by atoms with Gasteiger partial charge in [-0.25, -0.2) is 4.98 Å². The number of carbonyl (C=O) groups is 1. The molecule has 3 rings (SSSR count). The van der Waals surface area contributed by atoms with Crippen LogP contribution in [0, 0.1) is 0 Å². The van der Waals surface area contributed by atoms with Crippen molar-refractivity contribution in [2.75, 3.05) is 11.9 Å². The summed E-state index contributed by atoms with van der Waals surface area (Å²) in [5, 5.41) is 6.21. The van der Waals surface area contributed by atoms with Crippen molar-refractivity contribution in [3.8, 4) is 0 Å². The first-order valence-electron chi connectivity index (χ1n) is 6.69. The lowest BCUT2D eigenvalue weighted by Crippen LogP contribution is -2.43. The second-order valence-corrected chi connectivity index (χ2v) is 5.05. The largest absolute Gasteiger partial charge is 0.334 e. The first-order chi connectivity index (χ1) is 9.24. The van der Waals surface area contributed by atoms with Crippen LogP contribution in [0.1, 0.15) is 19.3 Å². The van der Waals surface area contributed by atoms with Gasteiger partial charge in [0.15, 0.2) is 0 Å². The number of anilines is 1. The van der Waals surface area contributed by atoms with Crippen LogP contribution in [0.5, 0.6) is 0 Å². The molecule has 0 bridgehead atoms. The molecule has 1 aliphatic rings. The number of benzene rings is 1. The number of nitrogens with one attached hydrogen (secondary N) is 2. The Kier molecular flexibility index (Phi) is 3.21. The summed E-state index contributed by atoms with van der Waals surface area (Å²) in [5.41, 5.74) is 2.77. The van der Waals surface area contributed by atoms with Gasteiger partial charge in [0, 0.05) is 12.7 Å². The van der Waals surface area contributed by atoms with Gasteiger partial charge in [0.2, 0.25) is 5.91 Å². The lowest BCUT2D eigenvalue weighted by atomic mass is 10.0. The molecule has 1 aromatic heterocycles. The number of nitrogens with zero attached hydrogens (tertiary/aromatic N) is 2. The van der Waals surface area contributed by atoms with E-state index in [1.54, 1.807) is 6.33 Å². The quantitative estimate of drug-likeness (QED) is 0.861. The van der Waals surface area contributed by atoms with Crippen molar-refractivity contribution in [1.29, 1.82) is 0 Å². The number of aromatic nitrogens is 2. The zero-order chi connectivity index (χ0) is 13.2. The molecule has 19 heavy (non-hydrogen) atoms. The average Bonchev–Trinajstić information content (AvgIpc) is 2.81. The molecule has 100 valence electrons. The summed E-state index contributed by atoms with van der Waals surface area (Å²) in [6.45, 7) is 0.928. The second-order valence-electron chi connectivity index (χ2n) is 5.05. The lowest BCUT2D eigenvalue weighted by molar-refractivity contribution is -0.118. The van der Waals surface area contributed by atoms with Crippen LogP contribution >= 0.6 is 0 Å². The summed E-state index contributed by atoms with van der Waals surface area (Å²) in [6.07, 6.45) is 4.96. The Morgan fingerprint density at radius 1 is 1.47 bits per heavy atom. The van der Waals surface area contributed by atoms with Gasteiger partial charge in [0.05, 0.1) is 23.4 Å². The number of hydrogen-bond acceptors (Lipinski definition) is 3. The van der Waals surface area contributed by atoms with E-state index < -0.39 is 0 Å². The van der Waals surface area contributed by atoms with Crippen molar-refractivity contribution in [3.63, 3.8) is 0 Å². The van der Waals surface area contributed by atoms with Crippen LogP contribution in [0.4, 0.5) is 5.69 Å². The normalized spacial score (nSPS) is 19.5. The van der Waals surface area contributed by atoms with E-state index >= 15 is 0 Å². The fraction of sp³-hybridized carbons (Fsp3) is 0.429. The molecule has 1 fully saturated rings. The summed E-state index contributed by atoms with van der Waals surface area (Å²) < 4.78 is 1.96. The molecular formula is C14H18N4O. The Morgan fingerprint density at radius 2 is 2.37 bits per heavy atom. The molecule has 0 spiro atoms. The van der Waals surface area contributed by atoms with E-state index in [-0.39, 0.29) is 11.9 Å². The average molecular weight is 258 g/mol. The molecule has 2 aromatic rings. The molecule has 1 atom stereocenters. The van der Waals surface area contributed by atoms with Crippen molar-refractivity contribution >= 4 is 22.6 Å². The fourth-order valence-electron chi connectivity index (χ4n) is 2.52. The highest BCUT2D eigenvalue weighted by Gasteiger charge is 2.20. The van der Waals surface area contributed by atoms with Gasteiger partial charge in [0.25, 0.3) is 0 Å². The first-order valence-corrected chi connectivity index (χ1v) is 6.69. The number of imidazole rings is 1. The summed E-state index contributed by atoms with van der Waals surface area (Å²) >= 11 is 0. The summed E-state index contributed by atoms with van der Waals surface area (Å²) in [6, 6.07) is 5.75. The number of aryl methyl sites for hydroxylation is 1. The van der Waals surface area contributed by atoms with Gasteiger partial charge in [-0.2, -0.15) is 0 Å². The third-order valence-corrected chi connectivity index (χ3v) is 3.62. The van der Waals surface area contributed by atoms with Crippen LogP contribution in [0.25, 0.3) is 11.0 Å². The van der Waals surface area contributed by atoms with E-state index in [1.165, 1.54) is 0 Å². The van der Waals surface area contributed by atoms with Crippen molar-refractivity contribution < 1.29 is 4.79 Å². The van der Waals surface area contributed by atoms with Gasteiger partial charge in [-0.15, -0.1) is 0 Å². The number of amides is 1. The third-order valence-electron chi connectivity index (χ3n) is 3.62. The molecule has 1 amide bonds. The predicted octanol–water partition coefficient (Wildman–Crippen LogP) is 1.65. The maximum absolute atomic E-state index is 12.1. The molecule has 2 N–H and O–H groups in total.